The third kappa shape index (κ3) is 4.07. The average molecular weight is 480 g/mol. The highest BCUT2D eigenvalue weighted by molar-refractivity contribution is 7.13. The summed E-state index contributed by atoms with van der Waals surface area (Å²) in [7, 11) is 0. The summed E-state index contributed by atoms with van der Waals surface area (Å²) in [5, 5.41) is 20.7. The summed E-state index contributed by atoms with van der Waals surface area (Å²) in [5.74, 6) is -3.55. The lowest BCUT2D eigenvalue weighted by Gasteiger charge is -2.44. The van der Waals surface area contributed by atoms with Crippen LogP contribution in [0.3, 0.4) is 0 Å². The topological polar surface area (TPSA) is 105 Å². The average Bonchev–Trinajstić information content (AvgIpc) is 3.43. The molecule has 2 amide bonds. The molecule has 2 aromatic heterocycles. The molecule has 3 atom stereocenters. The van der Waals surface area contributed by atoms with Crippen LogP contribution in [0.4, 0.5) is 18.0 Å². The molecule has 0 unspecified atom stereocenters. The maximum Gasteiger partial charge on any atom is 0.437 e. The molecule has 0 aliphatic carbocycles. The number of nitrogens with zero attached hydrogens (tertiary/aromatic N) is 2. The highest BCUT2D eigenvalue weighted by Crippen LogP contribution is 2.45. The number of para-hydroxylation sites is 1. The molecule has 1 saturated heterocycles. The van der Waals surface area contributed by atoms with Crippen LogP contribution in [0.15, 0.2) is 54.0 Å². The number of alkyl halides is 3. The summed E-state index contributed by atoms with van der Waals surface area (Å²) >= 11 is 1.28. The second kappa shape index (κ2) is 8.52. The van der Waals surface area contributed by atoms with E-state index in [0.29, 0.717) is 10.6 Å². The van der Waals surface area contributed by atoms with Crippen LogP contribution < -0.4 is 10.6 Å². The quantitative estimate of drug-likeness (QED) is 0.486. The molecule has 8 nitrogen and oxygen atoms in total. The number of benzene rings is 1. The predicted molar refractivity (Wildman–Crippen MR) is 112 cm³/mol. The molecule has 33 heavy (non-hydrogen) atoms. The smallest absolute Gasteiger partial charge is 0.437 e. The van der Waals surface area contributed by atoms with Gasteiger partial charge in [0.1, 0.15) is 11.6 Å². The van der Waals surface area contributed by atoms with Crippen LogP contribution in [0.2, 0.25) is 0 Å². The number of ether oxygens (including phenoxy) is 1. The van der Waals surface area contributed by atoms with E-state index in [4.69, 9.17) is 4.74 Å². The van der Waals surface area contributed by atoms with Crippen LogP contribution in [-0.2, 0) is 9.53 Å². The van der Waals surface area contributed by atoms with Gasteiger partial charge in [-0.15, -0.1) is 11.3 Å². The minimum absolute atomic E-state index is 0.122. The number of esters is 1. The van der Waals surface area contributed by atoms with E-state index < -0.39 is 35.9 Å². The zero-order valence-electron chi connectivity index (χ0n) is 17.2. The minimum Gasteiger partial charge on any atom is -0.466 e. The Morgan fingerprint density at radius 1 is 1.27 bits per heavy atom. The number of hydrogen-bond acceptors (Lipinski definition) is 6. The number of aromatic nitrogens is 2. The summed E-state index contributed by atoms with van der Waals surface area (Å²) in [4.78, 5) is 25.6. The van der Waals surface area contributed by atoms with Crippen molar-refractivity contribution < 1.29 is 32.6 Å². The van der Waals surface area contributed by atoms with Crippen molar-refractivity contribution in [1.29, 1.82) is 0 Å². The molecule has 0 saturated carbocycles. The second-order valence-corrected chi connectivity index (χ2v) is 8.21. The van der Waals surface area contributed by atoms with Gasteiger partial charge >= 0.3 is 18.2 Å². The molecular weight excluding hydrogens is 461 g/mol. The zero-order valence-corrected chi connectivity index (χ0v) is 18.0. The number of carbonyl (C=O) groups excluding carboxylic acids is 2. The third-order valence-electron chi connectivity index (χ3n) is 5.20. The molecule has 3 aromatic rings. The maximum atomic E-state index is 14.0. The van der Waals surface area contributed by atoms with E-state index >= 15 is 0 Å². The number of halogens is 3. The molecule has 0 radical (unpaired) electrons. The lowest BCUT2D eigenvalue weighted by Crippen LogP contribution is -2.73. The van der Waals surface area contributed by atoms with Crippen LogP contribution in [0.1, 0.15) is 18.5 Å². The number of hydrogen-bond donors (Lipinski definition) is 3. The fourth-order valence-corrected chi connectivity index (χ4v) is 4.46. The van der Waals surface area contributed by atoms with Gasteiger partial charge in [-0.2, -0.15) is 18.3 Å². The van der Waals surface area contributed by atoms with Crippen LogP contribution >= 0.6 is 11.3 Å². The van der Waals surface area contributed by atoms with E-state index in [1.807, 2.05) is 0 Å². The summed E-state index contributed by atoms with van der Waals surface area (Å²) in [6, 6.07) is 9.38. The van der Waals surface area contributed by atoms with Crippen LogP contribution in [0.5, 0.6) is 0 Å². The molecule has 3 N–H and O–H groups in total. The van der Waals surface area contributed by atoms with E-state index in [2.05, 4.69) is 10.4 Å². The number of aliphatic hydroxyl groups is 1. The number of nitrogens with one attached hydrogen (secondary N) is 2. The first kappa shape index (κ1) is 22.8. The van der Waals surface area contributed by atoms with Gasteiger partial charge in [0.2, 0.25) is 0 Å². The van der Waals surface area contributed by atoms with Crippen LogP contribution in [0.25, 0.3) is 16.3 Å². The lowest BCUT2D eigenvalue weighted by molar-refractivity contribution is -0.294. The number of urea groups is 1. The van der Waals surface area contributed by atoms with Gasteiger partial charge in [-0.25, -0.2) is 9.48 Å². The van der Waals surface area contributed by atoms with Crippen molar-refractivity contribution in [3.8, 4) is 16.3 Å². The second-order valence-electron chi connectivity index (χ2n) is 7.26. The summed E-state index contributed by atoms with van der Waals surface area (Å²) in [5.41, 5.74) is -2.86. The molecule has 4 rings (SSSR count). The minimum atomic E-state index is -5.36. The van der Waals surface area contributed by atoms with E-state index in [-0.39, 0.29) is 17.9 Å². The lowest BCUT2D eigenvalue weighted by atomic mass is 9.82. The Balaban J connectivity index is 1.92. The van der Waals surface area contributed by atoms with Crippen LogP contribution in [-0.4, -0.2) is 45.4 Å². The monoisotopic (exact) mass is 480 g/mol. The van der Waals surface area contributed by atoms with Gasteiger partial charge in [-0.3, -0.25) is 4.79 Å². The Morgan fingerprint density at radius 3 is 2.61 bits per heavy atom. The normalized spacial score (nSPS) is 23.0. The summed E-state index contributed by atoms with van der Waals surface area (Å²) in [6.07, 6.45) is -3.93. The van der Waals surface area contributed by atoms with E-state index in [1.54, 1.807) is 47.8 Å². The molecule has 1 fully saturated rings. The van der Waals surface area contributed by atoms with Crippen molar-refractivity contribution in [2.45, 2.75) is 24.9 Å². The van der Waals surface area contributed by atoms with Crippen LogP contribution in [0, 0.1) is 5.92 Å². The van der Waals surface area contributed by atoms with Crippen molar-refractivity contribution in [3.63, 3.8) is 0 Å². The van der Waals surface area contributed by atoms with Gasteiger partial charge < -0.3 is 20.5 Å². The van der Waals surface area contributed by atoms with Gasteiger partial charge in [0, 0.05) is 11.8 Å². The SMILES string of the molecule is CCOC(=O)[C@@H]1[C@@H](c2cn(-c3ccccc3)nc2-c2cccs2)NC(=O)N[C@]1(O)C(F)(F)F. The number of carbonyl (C=O) groups is 2. The summed E-state index contributed by atoms with van der Waals surface area (Å²) in [6.45, 7) is 1.21. The van der Waals surface area contributed by atoms with E-state index in [9.17, 15) is 27.9 Å². The Kier molecular flexibility index (Phi) is 5.89. The Hall–Kier alpha value is -3.38. The van der Waals surface area contributed by atoms with Gasteiger partial charge in [0.25, 0.3) is 5.72 Å². The first-order chi connectivity index (χ1) is 15.7. The highest BCUT2D eigenvalue weighted by Gasteiger charge is 2.67. The first-order valence-corrected chi connectivity index (χ1v) is 10.8. The van der Waals surface area contributed by atoms with Crippen molar-refractivity contribution >= 4 is 23.3 Å². The standard InChI is InChI=1S/C21H19F3N4O4S/c1-2-32-18(29)15-17(25-19(30)26-20(15,31)21(22,23)24)13-11-28(12-7-4-3-5-8-12)27-16(13)14-9-6-10-33-14/h3-11,15,17,31H,2H2,1H3,(H2,25,26,30)/t15-,17+,20+/m0/s1. The zero-order chi connectivity index (χ0) is 23.8. The number of amides is 2. The van der Waals surface area contributed by atoms with Gasteiger partial charge in [-0.1, -0.05) is 24.3 Å². The van der Waals surface area contributed by atoms with Crippen molar-refractivity contribution in [1.82, 2.24) is 20.4 Å². The fourth-order valence-electron chi connectivity index (χ4n) is 3.73. The van der Waals surface area contributed by atoms with Crippen molar-refractivity contribution in [3.05, 3.63) is 59.6 Å². The van der Waals surface area contributed by atoms with Gasteiger partial charge in [0.15, 0.2) is 0 Å². The Bertz CT molecular complexity index is 1150. The largest absolute Gasteiger partial charge is 0.466 e. The van der Waals surface area contributed by atoms with Crippen molar-refractivity contribution in [2.75, 3.05) is 6.61 Å². The van der Waals surface area contributed by atoms with Gasteiger partial charge in [0.05, 0.1) is 23.2 Å². The highest BCUT2D eigenvalue weighted by atomic mass is 32.1. The predicted octanol–water partition coefficient (Wildman–Crippen LogP) is 3.38. The fraction of sp³-hybridized carbons (Fsp3) is 0.286. The molecule has 1 aromatic carbocycles. The molecule has 0 spiro atoms. The molecule has 12 heteroatoms. The van der Waals surface area contributed by atoms with Crippen molar-refractivity contribution in [2.24, 2.45) is 5.92 Å². The molecule has 3 heterocycles. The molecule has 0 bridgehead atoms. The number of thiophene rings is 1. The van der Waals surface area contributed by atoms with Gasteiger partial charge in [-0.05, 0) is 30.5 Å². The number of rotatable bonds is 5. The van der Waals surface area contributed by atoms with E-state index in [0.717, 1.165) is 0 Å². The molecule has 1 aliphatic heterocycles. The summed E-state index contributed by atoms with van der Waals surface area (Å²) < 4.78 is 48.2. The molecule has 174 valence electrons. The Labute approximate surface area is 190 Å². The first-order valence-electron chi connectivity index (χ1n) is 9.89. The maximum absolute atomic E-state index is 14.0. The molecule has 1 aliphatic rings. The van der Waals surface area contributed by atoms with E-state index in [1.165, 1.54) is 34.5 Å². The molecular formula is C21H19F3N4O4S. The Morgan fingerprint density at radius 2 is 2.00 bits per heavy atom. The third-order valence-corrected chi connectivity index (χ3v) is 6.08.